The summed E-state index contributed by atoms with van der Waals surface area (Å²) in [5.41, 5.74) is 1.58. The third-order valence-electron chi connectivity index (χ3n) is 3.10. The Bertz CT molecular complexity index is 462. The highest BCUT2D eigenvalue weighted by molar-refractivity contribution is 6.35. The van der Waals surface area contributed by atoms with Gasteiger partial charge >= 0.3 is 5.97 Å². The summed E-state index contributed by atoms with van der Waals surface area (Å²) in [5, 5.41) is 13.4. The molecule has 3 nitrogen and oxygen atoms in total. The average Bonchev–Trinajstić information content (AvgIpc) is 2.27. The van der Waals surface area contributed by atoms with Crippen molar-refractivity contribution in [2.75, 3.05) is 0 Å². The molecule has 17 heavy (non-hydrogen) atoms. The maximum Gasteiger partial charge on any atom is 0.325 e. The number of nitrogens with one attached hydrogen (secondary N) is 1. The molecule has 1 aromatic rings. The van der Waals surface area contributed by atoms with Crippen molar-refractivity contribution >= 4 is 29.2 Å². The van der Waals surface area contributed by atoms with Gasteiger partial charge in [0, 0.05) is 16.1 Å². The smallest absolute Gasteiger partial charge is 0.325 e. The number of carbonyl (C=O) groups is 1. The number of fused-ring (bicyclic) bond motifs is 1. The molecule has 1 heterocycles. The van der Waals surface area contributed by atoms with E-state index < -0.39 is 12.0 Å². The summed E-state index contributed by atoms with van der Waals surface area (Å²) in [7, 11) is 0. The van der Waals surface area contributed by atoms with Crippen LogP contribution in [0, 0.1) is 0 Å². The zero-order valence-electron chi connectivity index (χ0n) is 9.34. The van der Waals surface area contributed by atoms with Crippen molar-refractivity contribution in [3.05, 3.63) is 33.3 Å². The summed E-state index contributed by atoms with van der Waals surface area (Å²) in [6, 6.07) is 2.77. The molecule has 0 amide bonds. The lowest BCUT2D eigenvalue weighted by Gasteiger charge is -2.31. The zero-order chi connectivity index (χ0) is 12.6. The van der Waals surface area contributed by atoms with E-state index in [4.69, 9.17) is 23.2 Å². The fourth-order valence-electron chi connectivity index (χ4n) is 2.19. The molecule has 92 valence electrons. The minimum absolute atomic E-state index is 0.141. The van der Waals surface area contributed by atoms with Crippen LogP contribution < -0.4 is 5.32 Å². The zero-order valence-corrected chi connectivity index (χ0v) is 10.8. The van der Waals surface area contributed by atoms with Gasteiger partial charge < -0.3 is 5.11 Å². The van der Waals surface area contributed by atoms with Crippen molar-refractivity contribution in [3.63, 3.8) is 0 Å². The predicted octanol–water partition coefficient (Wildman–Crippen LogP) is 3.04. The first-order valence-corrected chi connectivity index (χ1v) is 6.25. The minimum atomic E-state index is -0.900. The van der Waals surface area contributed by atoms with Crippen LogP contribution in [0.1, 0.15) is 30.5 Å². The summed E-state index contributed by atoms with van der Waals surface area (Å²) in [4.78, 5) is 11.3. The summed E-state index contributed by atoms with van der Waals surface area (Å²) < 4.78 is 0. The van der Waals surface area contributed by atoms with Crippen molar-refractivity contribution in [2.24, 2.45) is 0 Å². The lowest BCUT2D eigenvalue weighted by molar-refractivity contribution is -0.140. The molecule has 5 heteroatoms. The van der Waals surface area contributed by atoms with Gasteiger partial charge in [-0.15, -0.1) is 0 Å². The van der Waals surface area contributed by atoms with E-state index in [1.54, 1.807) is 12.1 Å². The second kappa shape index (κ2) is 4.84. The summed E-state index contributed by atoms with van der Waals surface area (Å²) in [5.74, 6) is -0.900. The molecule has 2 unspecified atom stereocenters. The molecule has 0 radical (unpaired) electrons. The van der Waals surface area contributed by atoms with E-state index in [2.05, 4.69) is 5.32 Å². The number of rotatable bonds is 2. The minimum Gasteiger partial charge on any atom is -0.480 e. The van der Waals surface area contributed by atoms with Gasteiger partial charge in [0.2, 0.25) is 0 Å². The molecule has 1 aliphatic heterocycles. The number of aliphatic carboxylic acids is 1. The molecule has 0 spiro atoms. The number of hydrogen-bond donors (Lipinski definition) is 2. The summed E-state index contributed by atoms with van der Waals surface area (Å²) >= 11 is 12.1. The average molecular weight is 274 g/mol. The summed E-state index contributed by atoms with van der Waals surface area (Å²) in [6.45, 7) is 2.02. The van der Waals surface area contributed by atoms with Crippen molar-refractivity contribution in [1.29, 1.82) is 0 Å². The van der Waals surface area contributed by atoms with Gasteiger partial charge in [0.15, 0.2) is 0 Å². The van der Waals surface area contributed by atoms with Crippen LogP contribution in [0.3, 0.4) is 0 Å². The second-order valence-corrected chi connectivity index (χ2v) is 5.05. The number of halogens is 2. The Morgan fingerprint density at radius 3 is 2.82 bits per heavy atom. The van der Waals surface area contributed by atoms with E-state index in [-0.39, 0.29) is 6.04 Å². The maximum absolute atomic E-state index is 11.3. The van der Waals surface area contributed by atoms with Crippen molar-refractivity contribution in [2.45, 2.75) is 31.8 Å². The van der Waals surface area contributed by atoms with Gasteiger partial charge in [0.05, 0.1) is 0 Å². The van der Waals surface area contributed by atoms with Gasteiger partial charge in [-0.2, -0.15) is 0 Å². The van der Waals surface area contributed by atoms with Crippen LogP contribution in [0.4, 0.5) is 0 Å². The lowest BCUT2D eigenvalue weighted by atomic mass is 9.89. The fourth-order valence-corrected chi connectivity index (χ4v) is 2.78. The molecular formula is C12H13Cl2NO2. The molecule has 0 fully saturated rings. The van der Waals surface area contributed by atoms with Crippen molar-refractivity contribution in [3.8, 4) is 0 Å². The first-order chi connectivity index (χ1) is 8.02. The summed E-state index contributed by atoms with van der Waals surface area (Å²) in [6.07, 6.45) is 1.60. The molecule has 0 aromatic heterocycles. The van der Waals surface area contributed by atoms with Gasteiger partial charge in [0.25, 0.3) is 0 Å². The van der Waals surface area contributed by atoms with Gasteiger partial charge in [-0.3, -0.25) is 10.1 Å². The Kier molecular flexibility index (Phi) is 3.61. The van der Waals surface area contributed by atoms with E-state index >= 15 is 0 Å². The van der Waals surface area contributed by atoms with Crippen LogP contribution >= 0.6 is 23.2 Å². The van der Waals surface area contributed by atoms with E-state index in [1.807, 2.05) is 6.92 Å². The molecule has 1 aliphatic rings. The highest BCUT2D eigenvalue weighted by Crippen LogP contribution is 2.34. The number of benzene rings is 1. The number of hydrogen-bond acceptors (Lipinski definition) is 2. The van der Waals surface area contributed by atoms with Crippen molar-refractivity contribution < 1.29 is 9.90 Å². The molecule has 0 bridgehead atoms. The molecule has 2 rings (SSSR count). The van der Waals surface area contributed by atoms with Gasteiger partial charge in [-0.1, -0.05) is 30.1 Å². The maximum atomic E-state index is 11.3. The standard InChI is InChI=1S/C12H13Cl2NO2/c1-2-7-5-8-9(11(15-7)12(16)17)3-6(13)4-10(8)14/h3-4,7,11,15H,2,5H2,1H3,(H,16,17). The van der Waals surface area contributed by atoms with E-state index in [0.29, 0.717) is 15.6 Å². The first-order valence-electron chi connectivity index (χ1n) is 5.49. The Morgan fingerprint density at radius 2 is 2.24 bits per heavy atom. The van der Waals surface area contributed by atoms with Gasteiger partial charge in [0.1, 0.15) is 6.04 Å². The highest BCUT2D eigenvalue weighted by atomic mass is 35.5. The quantitative estimate of drug-likeness (QED) is 0.871. The van der Waals surface area contributed by atoms with Crippen LogP contribution in [0.2, 0.25) is 10.0 Å². The van der Waals surface area contributed by atoms with E-state index in [1.165, 1.54) is 0 Å². The molecule has 0 saturated carbocycles. The molecule has 2 N–H and O–H groups in total. The largest absolute Gasteiger partial charge is 0.480 e. The number of carboxylic acids is 1. The van der Waals surface area contributed by atoms with Crippen LogP contribution in [-0.4, -0.2) is 17.1 Å². The monoisotopic (exact) mass is 273 g/mol. The Labute approximate surface area is 110 Å². The molecular weight excluding hydrogens is 261 g/mol. The van der Waals surface area contributed by atoms with Crippen LogP contribution in [0.5, 0.6) is 0 Å². The molecule has 0 aliphatic carbocycles. The fraction of sp³-hybridized carbons (Fsp3) is 0.417. The first kappa shape index (κ1) is 12.7. The Morgan fingerprint density at radius 1 is 1.53 bits per heavy atom. The molecule has 2 atom stereocenters. The highest BCUT2D eigenvalue weighted by Gasteiger charge is 2.31. The van der Waals surface area contributed by atoms with Crippen molar-refractivity contribution in [1.82, 2.24) is 5.32 Å². The van der Waals surface area contributed by atoms with E-state index in [9.17, 15) is 9.90 Å². The van der Waals surface area contributed by atoms with E-state index in [0.717, 1.165) is 18.4 Å². The van der Waals surface area contributed by atoms with Gasteiger partial charge in [-0.25, -0.2) is 0 Å². The van der Waals surface area contributed by atoms with Crippen LogP contribution in [0.15, 0.2) is 12.1 Å². The topological polar surface area (TPSA) is 49.3 Å². The second-order valence-electron chi connectivity index (χ2n) is 4.20. The van der Waals surface area contributed by atoms with Crippen LogP contribution in [0.25, 0.3) is 0 Å². The predicted molar refractivity (Wildman–Crippen MR) is 67.8 cm³/mol. The normalized spacial score (nSPS) is 23.2. The third-order valence-corrected chi connectivity index (χ3v) is 3.65. The van der Waals surface area contributed by atoms with Gasteiger partial charge in [-0.05, 0) is 36.1 Å². The van der Waals surface area contributed by atoms with Crippen LogP contribution in [-0.2, 0) is 11.2 Å². The Balaban J connectivity index is 2.52. The SMILES string of the molecule is CCC1Cc2c(Cl)cc(Cl)cc2C(C(=O)O)N1. The third kappa shape index (κ3) is 2.41. The molecule has 1 aromatic carbocycles. The number of carboxylic acid groups (broad SMARTS) is 1. The lowest BCUT2D eigenvalue weighted by Crippen LogP contribution is -2.42. The molecule has 0 saturated heterocycles. The Hall–Kier alpha value is -0.770.